The van der Waals surface area contributed by atoms with Crippen LogP contribution in [-0.2, 0) is 10.2 Å². The van der Waals surface area contributed by atoms with Gasteiger partial charge in [0.15, 0.2) is 0 Å². The predicted octanol–water partition coefficient (Wildman–Crippen LogP) is 7.10. The Balaban J connectivity index is 1.82. The van der Waals surface area contributed by atoms with E-state index in [1.54, 1.807) is 16.8 Å². The van der Waals surface area contributed by atoms with Crippen LogP contribution in [0.3, 0.4) is 0 Å². The van der Waals surface area contributed by atoms with Gasteiger partial charge in [0, 0.05) is 28.7 Å². The fraction of sp³-hybridized carbons (Fsp3) is 0.414. The van der Waals surface area contributed by atoms with Crippen LogP contribution in [0, 0.1) is 13.8 Å². The molecule has 2 N–H and O–H groups in total. The van der Waals surface area contributed by atoms with Gasteiger partial charge in [0.2, 0.25) is 5.91 Å². The maximum Gasteiger partial charge on any atom is 0.322 e. The van der Waals surface area contributed by atoms with Crippen molar-refractivity contribution >= 4 is 35.0 Å². The number of rotatable bonds is 9. The molecule has 0 aliphatic rings. The van der Waals surface area contributed by atoms with Crippen LogP contribution in [0.4, 0.5) is 16.3 Å². The summed E-state index contributed by atoms with van der Waals surface area (Å²) in [5.74, 6) is 0.284. The molecule has 0 aliphatic carbocycles. The van der Waals surface area contributed by atoms with Crippen LogP contribution in [0.2, 0.25) is 5.02 Å². The smallest absolute Gasteiger partial charge is 0.315 e. The van der Waals surface area contributed by atoms with Crippen molar-refractivity contribution in [3.8, 4) is 5.69 Å². The summed E-state index contributed by atoms with van der Waals surface area (Å²) in [6.07, 6.45) is 2.79. The van der Waals surface area contributed by atoms with Gasteiger partial charge in [-0.2, -0.15) is 5.10 Å². The monoisotopic (exact) mass is 523 g/mol. The van der Waals surface area contributed by atoms with E-state index in [4.69, 9.17) is 16.7 Å². The van der Waals surface area contributed by atoms with Crippen LogP contribution in [0.15, 0.2) is 48.5 Å². The molecule has 2 aromatic carbocycles. The number of carbonyl (C=O) groups is 2. The van der Waals surface area contributed by atoms with E-state index in [-0.39, 0.29) is 23.9 Å². The number of aromatic nitrogens is 2. The van der Waals surface area contributed by atoms with E-state index in [0.29, 0.717) is 23.1 Å². The Bertz CT molecular complexity index is 1250. The van der Waals surface area contributed by atoms with Crippen molar-refractivity contribution in [3.05, 3.63) is 70.4 Å². The summed E-state index contributed by atoms with van der Waals surface area (Å²) in [4.78, 5) is 27.9. The minimum Gasteiger partial charge on any atom is -0.315 e. The number of unbranched alkanes of at least 4 members (excludes halogenated alkanes) is 2. The average molecular weight is 524 g/mol. The number of amides is 3. The number of nitrogens with zero attached hydrogens (tertiary/aromatic N) is 3. The predicted molar refractivity (Wildman–Crippen MR) is 152 cm³/mol. The molecule has 3 amide bonds. The first-order valence-electron chi connectivity index (χ1n) is 12.8. The van der Waals surface area contributed by atoms with Gasteiger partial charge in [-0.3, -0.25) is 4.79 Å². The highest BCUT2D eigenvalue weighted by molar-refractivity contribution is 6.31. The Labute approximate surface area is 225 Å². The lowest BCUT2D eigenvalue weighted by molar-refractivity contribution is -0.116. The molecular weight excluding hydrogens is 486 g/mol. The van der Waals surface area contributed by atoms with Crippen LogP contribution in [0.25, 0.3) is 5.69 Å². The number of nitrogens with one attached hydrogen (secondary N) is 2. The van der Waals surface area contributed by atoms with Gasteiger partial charge < -0.3 is 15.5 Å². The van der Waals surface area contributed by atoms with Crippen LogP contribution in [0.1, 0.15) is 63.8 Å². The third-order valence-corrected chi connectivity index (χ3v) is 6.57. The van der Waals surface area contributed by atoms with E-state index >= 15 is 0 Å². The van der Waals surface area contributed by atoms with E-state index in [0.717, 1.165) is 41.8 Å². The van der Waals surface area contributed by atoms with Gasteiger partial charge >= 0.3 is 6.03 Å². The second-order valence-electron chi connectivity index (χ2n) is 10.4. The van der Waals surface area contributed by atoms with Crippen molar-refractivity contribution < 1.29 is 9.59 Å². The first-order valence-corrected chi connectivity index (χ1v) is 13.2. The molecule has 198 valence electrons. The molecule has 37 heavy (non-hydrogen) atoms. The van der Waals surface area contributed by atoms with Gasteiger partial charge in [-0.25, -0.2) is 9.48 Å². The standard InChI is InChI=1S/C29H38ClN5O2/c1-7-8-11-16-34(28(37)31-22-15-14-20(2)23(30)17-22)19-27(36)32-26-18-25(29(4,5)6)33-35(26)24-13-10-9-12-21(24)3/h9-10,12-15,17-18H,7-8,11,16,19H2,1-6H3,(H,31,37)(H,32,36). The fourth-order valence-corrected chi connectivity index (χ4v) is 4.04. The number of halogens is 1. The molecule has 3 rings (SSSR count). The Morgan fingerprint density at radius 1 is 1.00 bits per heavy atom. The summed E-state index contributed by atoms with van der Waals surface area (Å²) < 4.78 is 1.77. The molecule has 0 spiro atoms. The van der Waals surface area contributed by atoms with E-state index in [9.17, 15) is 9.59 Å². The first kappa shape index (κ1) is 28.3. The number of urea groups is 1. The molecule has 0 radical (unpaired) electrons. The van der Waals surface area contributed by atoms with E-state index < -0.39 is 0 Å². The molecule has 8 heteroatoms. The molecule has 3 aromatic rings. The summed E-state index contributed by atoms with van der Waals surface area (Å²) in [6, 6.07) is 14.8. The zero-order valence-electron chi connectivity index (χ0n) is 22.7. The highest BCUT2D eigenvalue weighted by Crippen LogP contribution is 2.27. The van der Waals surface area contributed by atoms with Gasteiger partial charge in [0.25, 0.3) is 0 Å². The normalized spacial score (nSPS) is 11.3. The fourth-order valence-electron chi connectivity index (χ4n) is 3.86. The number of aryl methyl sites for hydroxylation is 2. The summed E-state index contributed by atoms with van der Waals surface area (Å²) >= 11 is 6.23. The summed E-state index contributed by atoms with van der Waals surface area (Å²) in [5.41, 5.74) is 4.11. The van der Waals surface area contributed by atoms with Crippen molar-refractivity contribution in [2.75, 3.05) is 23.7 Å². The van der Waals surface area contributed by atoms with Crippen LogP contribution < -0.4 is 10.6 Å². The van der Waals surface area contributed by atoms with Gasteiger partial charge in [0.1, 0.15) is 12.4 Å². The van der Waals surface area contributed by atoms with Gasteiger partial charge in [0.05, 0.1) is 11.4 Å². The molecule has 0 unspecified atom stereocenters. The van der Waals surface area contributed by atoms with Crippen LogP contribution >= 0.6 is 11.6 Å². The second-order valence-corrected chi connectivity index (χ2v) is 10.8. The van der Waals surface area contributed by atoms with E-state index in [1.165, 1.54) is 4.90 Å². The number of para-hydroxylation sites is 1. The zero-order chi connectivity index (χ0) is 27.2. The highest BCUT2D eigenvalue weighted by Gasteiger charge is 2.23. The maximum absolute atomic E-state index is 13.2. The van der Waals surface area contributed by atoms with Crippen molar-refractivity contribution in [2.45, 2.75) is 66.2 Å². The average Bonchev–Trinajstić information content (AvgIpc) is 3.25. The number of carbonyl (C=O) groups excluding carboxylic acids is 2. The molecule has 0 saturated heterocycles. The molecule has 0 atom stereocenters. The topological polar surface area (TPSA) is 79.3 Å². The van der Waals surface area contributed by atoms with Gasteiger partial charge in [-0.15, -0.1) is 0 Å². The minimum absolute atomic E-state index is 0.0844. The SMILES string of the molecule is CCCCCN(CC(=O)Nc1cc(C(C)(C)C)nn1-c1ccccc1C)C(=O)Nc1ccc(C)c(Cl)c1. The van der Waals surface area contributed by atoms with Gasteiger partial charge in [-0.1, -0.05) is 76.4 Å². The van der Waals surface area contributed by atoms with Crippen molar-refractivity contribution in [2.24, 2.45) is 0 Å². The quantitative estimate of drug-likeness (QED) is 0.293. The largest absolute Gasteiger partial charge is 0.322 e. The van der Waals surface area contributed by atoms with Crippen LogP contribution in [0.5, 0.6) is 0 Å². The van der Waals surface area contributed by atoms with Crippen LogP contribution in [-0.4, -0.2) is 39.7 Å². The third kappa shape index (κ3) is 7.59. The summed E-state index contributed by atoms with van der Waals surface area (Å²) in [7, 11) is 0. The number of hydrogen-bond acceptors (Lipinski definition) is 3. The van der Waals surface area contributed by atoms with E-state index in [1.807, 2.05) is 50.2 Å². The zero-order valence-corrected chi connectivity index (χ0v) is 23.4. The highest BCUT2D eigenvalue weighted by atomic mass is 35.5. The number of hydrogen-bond donors (Lipinski definition) is 2. The molecule has 0 fully saturated rings. The lowest BCUT2D eigenvalue weighted by atomic mass is 9.92. The first-order chi connectivity index (χ1) is 17.5. The lowest BCUT2D eigenvalue weighted by Crippen LogP contribution is -2.41. The Morgan fingerprint density at radius 3 is 2.38 bits per heavy atom. The molecule has 0 aliphatic heterocycles. The Morgan fingerprint density at radius 2 is 1.73 bits per heavy atom. The Kier molecular flexibility index (Phi) is 9.38. The number of anilines is 2. The molecular formula is C29H38ClN5O2. The minimum atomic E-state index is -0.339. The van der Waals surface area contributed by atoms with E-state index in [2.05, 4.69) is 38.3 Å². The van der Waals surface area contributed by atoms with Crippen molar-refractivity contribution in [1.29, 1.82) is 0 Å². The maximum atomic E-state index is 13.2. The summed E-state index contributed by atoms with van der Waals surface area (Å²) in [6.45, 7) is 12.7. The lowest BCUT2D eigenvalue weighted by Gasteiger charge is -2.23. The van der Waals surface area contributed by atoms with Gasteiger partial charge in [-0.05, 0) is 49.6 Å². The third-order valence-electron chi connectivity index (χ3n) is 6.17. The molecule has 1 aromatic heterocycles. The second kappa shape index (κ2) is 12.3. The molecule has 7 nitrogen and oxygen atoms in total. The number of benzene rings is 2. The summed E-state index contributed by atoms with van der Waals surface area (Å²) in [5, 5.41) is 11.3. The van der Waals surface area contributed by atoms with Crippen molar-refractivity contribution in [1.82, 2.24) is 14.7 Å². The molecule has 0 saturated carbocycles. The van der Waals surface area contributed by atoms with Crippen molar-refractivity contribution in [3.63, 3.8) is 0 Å². The Hall–Kier alpha value is -3.32. The molecule has 1 heterocycles. The molecule has 0 bridgehead atoms.